The highest BCUT2D eigenvalue weighted by molar-refractivity contribution is 14.0. The van der Waals surface area contributed by atoms with Crippen molar-refractivity contribution < 1.29 is 0 Å². The number of rotatable bonds is 4. The Morgan fingerprint density at radius 1 is 1.47 bits per heavy atom. The van der Waals surface area contributed by atoms with E-state index < -0.39 is 0 Å². The molecule has 0 aliphatic heterocycles. The van der Waals surface area contributed by atoms with Gasteiger partial charge in [0.1, 0.15) is 12.4 Å². The highest BCUT2D eigenvalue weighted by Gasteiger charge is 2.10. The molecular formula is C13H26IN5. The van der Waals surface area contributed by atoms with Gasteiger partial charge in [0.05, 0.1) is 0 Å². The molecule has 3 N–H and O–H groups in total. The van der Waals surface area contributed by atoms with Crippen LogP contribution in [0.5, 0.6) is 0 Å². The molecule has 0 radical (unpaired) electrons. The zero-order valence-corrected chi connectivity index (χ0v) is 14.8. The van der Waals surface area contributed by atoms with Gasteiger partial charge in [-0.05, 0) is 26.7 Å². The topological polar surface area (TPSA) is 68.2 Å². The fourth-order valence-electron chi connectivity index (χ4n) is 1.63. The van der Waals surface area contributed by atoms with Crippen LogP contribution in [0.25, 0.3) is 0 Å². The van der Waals surface area contributed by atoms with Crippen molar-refractivity contribution in [3.05, 3.63) is 18.2 Å². The van der Waals surface area contributed by atoms with Crippen molar-refractivity contribution in [3.8, 4) is 0 Å². The van der Waals surface area contributed by atoms with Gasteiger partial charge in [-0.3, -0.25) is 0 Å². The lowest BCUT2D eigenvalue weighted by atomic mass is 10.1. The molecular weight excluding hydrogens is 353 g/mol. The zero-order valence-electron chi connectivity index (χ0n) is 12.5. The first-order valence-corrected chi connectivity index (χ1v) is 6.36. The van der Waals surface area contributed by atoms with E-state index in [1.807, 2.05) is 6.20 Å². The Bertz CT molecular complexity index is 403. The number of nitrogens with two attached hydrogens (primary N) is 1. The number of halogens is 1. The van der Waals surface area contributed by atoms with Crippen molar-refractivity contribution >= 4 is 29.9 Å². The maximum Gasteiger partial charge on any atom is 0.189 e. The number of hydrogen-bond donors (Lipinski definition) is 2. The highest BCUT2D eigenvalue weighted by atomic mass is 127. The largest absolute Gasteiger partial charge is 0.370 e. The van der Waals surface area contributed by atoms with Crippen LogP contribution in [-0.2, 0) is 13.1 Å². The molecule has 0 aliphatic rings. The van der Waals surface area contributed by atoms with Crippen LogP contribution in [0.4, 0.5) is 0 Å². The molecule has 0 aromatic carbocycles. The maximum atomic E-state index is 5.83. The molecule has 1 aromatic heterocycles. The van der Waals surface area contributed by atoms with Crippen LogP contribution < -0.4 is 11.1 Å². The molecule has 0 aliphatic carbocycles. The Balaban J connectivity index is 0.00000324. The van der Waals surface area contributed by atoms with Gasteiger partial charge in [0.25, 0.3) is 0 Å². The lowest BCUT2D eigenvalue weighted by Gasteiger charge is -2.21. The Labute approximate surface area is 133 Å². The number of nitrogens with zero attached hydrogens (tertiary/aromatic N) is 3. The molecule has 0 saturated carbocycles. The summed E-state index contributed by atoms with van der Waals surface area (Å²) in [5.41, 5.74) is 5.76. The van der Waals surface area contributed by atoms with Gasteiger partial charge in [0, 0.05) is 24.5 Å². The third-order valence-electron chi connectivity index (χ3n) is 2.26. The second kappa shape index (κ2) is 7.72. The number of guanidine groups is 1. The Kier molecular flexibility index (Phi) is 7.39. The third kappa shape index (κ3) is 7.39. The lowest BCUT2D eigenvalue weighted by Crippen LogP contribution is -2.45. The summed E-state index contributed by atoms with van der Waals surface area (Å²) in [6.07, 6.45) is 3.79. The van der Waals surface area contributed by atoms with Crippen molar-refractivity contribution in [1.29, 1.82) is 0 Å². The lowest BCUT2D eigenvalue weighted by molar-refractivity contribution is 0.501. The monoisotopic (exact) mass is 379 g/mol. The molecule has 5 nitrogen and oxygen atoms in total. The summed E-state index contributed by atoms with van der Waals surface area (Å²) in [6, 6.07) is 0. The molecule has 0 atom stereocenters. The number of aliphatic imine (C=N–C) groups is 1. The first-order valence-electron chi connectivity index (χ1n) is 6.36. The van der Waals surface area contributed by atoms with Gasteiger partial charge in [-0.1, -0.05) is 13.8 Å². The van der Waals surface area contributed by atoms with Gasteiger partial charge in [0.15, 0.2) is 5.96 Å². The number of hydrogen-bond acceptors (Lipinski definition) is 2. The normalized spacial score (nSPS) is 12.4. The molecule has 0 spiro atoms. The van der Waals surface area contributed by atoms with E-state index in [9.17, 15) is 0 Å². The average molecular weight is 379 g/mol. The van der Waals surface area contributed by atoms with E-state index in [0.29, 0.717) is 18.4 Å². The SMILES string of the molecule is CC(C)Cn1ccnc1CN=C(N)NC(C)(C)C.I. The number of nitrogens with one attached hydrogen (secondary N) is 1. The molecule has 19 heavy (non-hydrogen) atoms. The minimum atomic E-state index is -0.0685. The zero-order chi connectivity index (χ0) is 13.8. The predicted octanol–water partition coefficient (Wildman–Crippen LogP) is 2.36. The summed E-state index contributed by atoms with van der Waals surface area (Å²) in [6.45, 7) is 12.0. The average Bonchev–Trinajstić information content (AvgIpc) is 2.58. The fourth-order valence-corrected chi connectivity index (χ4v) is 1.63. The third-order valence-corrected chi connectivity index (χ3v) is 2.26. The van der Waals surface area contributed by atoms with E-state index in [4.69, 9.17) is 5.73 Å². The quantitative estimate of drug-likeness (QED) is 0.480. The van der Waals surface area contributed by atoms with Crippen LogP contribution in [0.3, 0.4) is 0 Å². The molecule has 1 aromatic rings. The van der Waals surface area contributed by atoms with E-state index in [0.717, 1.165) is 12.4 Å². The Morgan fingerprint density at radius 3 is 2.63 bits per heavy atom. The molecule has 0 fully saturated rings. The van der Waals surface area contributed by atoms with Crippen LogP contribution >= 0.6 is 24.0 Å². The minimum Gasteiger partial charge on any atom is -0.370 e. The number of imidazole rings is 1. The second-order valence-corrected chi connectivity index (χ2v) is 5.97. The molecule has 0 amide bonds. The molecule has 0 unspecified atom stereocenters. The maximum absolute atomic E-state index is 5.83. The summed E-state index contributed by atoms with van der Waals surface area (Å²) in [7, 11) is 0. The molecule has 0 bridgehead atoms. The van der Waals surface area contributed by atoms with Crippen LogP contribution in [0.15, 0.2) is 17.4 Å². The van der Waals surface area contributed by atoms with Gasteiger partial charge < -0.3 is 15.6 Å². The van der Waals surface area contributed by atoms with Crippen LogP contribution in [0.2, 0.25) is 0 Å². The van der Waals surface area contributed by atoms with E-state index in [2.05, 4.69) is 54.5 Å². The first kappa shape index (κ1) is 18.2. The van der Waals surface area contributed by atoms with Crippen molar-refractivity contribution in [2.75, 3.05) is 0 Å². The minimum absolute atomic E-state index is 0. The van der Waals surface area contributed by atoms with Gasteiger partial charge >= 0.3 is 0 Å². The standard InChI is InChI=1S/C13H25N5.HI/c1-10(2)9-18-7-6-15-11(18)8-16-12(14)17-13(3,4)5;/h6-7,10H,8-9H2,1-5H3,(H3,14,16,17);1H. The summed E-state index contributed by atoms with van der Waals surface area (Å²) in [5.74, 6) is 2.00. The smallest absolute Gasteiger partial charge is 0.189 e. The first-order chi connectivity index (χ1) is 8.28. The summed E-state index contributed by atoms with van der Waals surface area (Å²) in [4.78, 5) is 8.63. The molecule has 1 rings (SSSR count). The summed E-state index contributed by atoms with van der Waals surface area (Å²) < 4.78 is 2.12. The van der Waals surface area contributed by atoms with Gasteiger partial charge in [-0.15, -0.1) is 24.0 Å². The van der Waals surface area contributed by atoms with E-state index in [1.54, 1.807) is 6.20 Å². The number of aromatic nitrogens is 2. The second-order valence-electron chi connectivity index (χ2n) is 5.97. The van der Waals surface area contributed by atoms with Crippen molar-refractivity contribution in [2.45, 2.75) is 53.2 Å². The van der Waals surface area contributed by atoms with Gasteiger partial charge in [0.2, 0.25) is 0 Å². The van der Waals surface area contributed by atoms with Gasteiger partial charge in [-0.25, -0.2) is 9.98 Å². The molecule has 6 heteroatoms. The molecule has 110 valence electrons. The van der Waals surface area contributed by atoms with Crippen molar-refractivity contribution in [3.63, 3.8) is 0 Å². The van der Waals surface area contributed by atoms with Crippen LogP contribution in [0, 0.1) is 5.92 Å². The highest BCUT2D eigenvalue weighted by Crippen LogP contribution is 2.05. The van der Waals surface area contributed by atoms with Gasteiger partial charge in [-0.2, -0.15) is 0 Å². The van der Waals surface area contributed by atoms with Crippen LogP contribution in [0.1, 0.15) is 40.4 Å². The van der Waals surface area contributed by atoms with E-state index in [1.165, 1.54) is 0 Å². The van der Waals surface area contributed by atoms with Crippen molar-refractivity contribution in [1.82, 2.24) is 14.9 Å². The molecule has 1 heterocycles. The summed E-state index contributed by atoms with van der Waals surface area (Å²) in [5, 5.41) is 3.13. The predicted molar refractivity (Wildman–Crippen MR) is 90.7 cm³/mol. The molecule has 0 saturated heterocycles. The Hall–Kier alpha value is -0.790. The van der Waals surface area contributed by atoms with Crippen LogP contribution in [-0.4, -0.2) is 21.0 Å². The fraction of sp³-hybridized carbons (Fsp3) is 0.692. The summed E-state index contributed by atoms with van der Waals surface area (Å²) >= 11 is 0. The van der Waals surface area contributed by atoms with E-state index in [-0.39, 0.29) is 29.5 Å². The van der Waals surface area contributed by atoms with E-state index >= 15 is 0 Å². The Morgan fingerprint density at radius 2 is 2.11 bits per heavy atom. The van der Waals surface area contributed by atoms with Crippen molar-refractivity contribution in [2.24, 2.45) is 16.6 Å².